The third-order valence-electron chi connectivity index (χ3n) is 2.67. The van der Waals surface area contributed by atoms with Crippen molar-refractivity contribution in [3.8, 4) is 0 Å². The molecule has 0 aliphatic rings. The Labute approximate surface area is 120 Å². The zero-order valence-electron chi connectivity index (χ0n) is 9.91. The van der Waals surface area contributed by atoms with E-state index in [0.717, 1.165) is 15.1 Å². The van der Waals surface area contributed by atoms with Gasteiger partial charge >= 0.3 is 0 Å². The van der Waals surface area contributed by atoms with E-state index in [9.17, 15) is 5.11 Å². The van der Waals surface area contributed by atoms with Crippen LogP contribution >= 0.6 is 39.3 Å². The van der Waals surface area contributed by atoms with Crippen molar-refractivity contribution in [3.05, 3.63) is 33.3 Å². The van der Waals surface area contributed by atoms with Crippen molar-refractivity contribution in [2.75, 3.05) is 12.9 Å². The van der Waals surface area contributed by atoms with Gasteiger partial charge in [0.15, 0.2) is 0 Å². The first-order chi connectivity index (χ1) is 8.08. The van der Waals surface area contributed by atoms with E-state index in [-0.39, 0.29) is 17.9 Å². The first-order valence-corrected chi connectivity index (χ1v) is 7.85. The normalized spacial score (nSPS) is 14.6. The largest absolute Gasteiger partial charge is 0.395 e. The summed E-state index contributed by atoms with van der Waals surface area (Å²) in [7, 11) is 0. The van der Waals surface area contributed by atoms with Gasteiger partial charge in [0.25, 0.3) is 0 Å². The topological polar surface area (TPSA) is 32.3 Å². The van der Waals surface area contributed by atoms with E-state index in [0.29, 0.717) is 6.54 Å². The number of nitrogens with one attached hydrogen (secondary N) is 1. The second-order valence-corrected chi connectivity index (χ2v) is 6.26. The fourth-order valence-electron chi connectivity index (χ4n) is 1.50. The number of thioether (sulfide) groups is 1. The van der Waals surface area contributed by atoms with Crippen LogP contribution in [-0.2, 0) is 6.54 Å². The fraction of sp³-hybridized carbons (Fsp3) is 0.500. The lowest BCUT2D eigenvalue weighted by Crippen LogP contribution is -2.37. The summed E-state index contributed by atoms with van der Waals surface area (Å²) in [4.78, 5) is 0. The molecule has 0 saturated heterocycles. The summed E-state index contributed by atoms with van der Waals surface area (Å²) in [5, 5.41) is 13.5. The molecule has 17 heavy (non-hydrogen) atoms. The molecule has 0 aromatic heterocycles. The molecule has 0 aliphatic heterocycles. The summed E-state index contributed by atoms with van der Waals surface area (Å²) in [5.74, 6) is 0. The Morgan fingerprint density at radius 2 is 2.24 bits per heavy atom. The maximum atomic E-state index is 9.19. The van der Waals surface area contributed by atoms with Gasteiger partial charge in [0.1, 0.15) is 0 Å². The molecule has 1 aromatic carbocycles. The number of aliphatic hydroxyl groups is 1. The lowest BCUT2D eigenvalue weighted by atomic mass is 10.2. The molecule has 1 rings (SSSR count). The molecule has 96 valence electrons. The molecule has 0 bridgehead atoms. The monoisotopic (exact) mass is 337 g/mol. The lowest BCUT2D eigenvalue weighted by Gasteiger charge is -2.21. The van der Waals surface area contributed by atoms with Gasteiger partial charge in [-0.2, -0.15) is 11.8 Å². The molecule has 5 heteroatoms. The zero-order chi connectivity index (χ0) is 12.8. The molecule has 2 N–H and O–H groups in total. The number of hydrogen-bond donors (Lipinski definition) is 2. The number of hydrogen-bond acceptors (Lipinski definition) is 3. The predicted molar refractivity (Wildman–Crippen MR) is 79.8 cm³/mol. The van der Waals surface area contributed by atoms with Crippen molar-refractivity contribution in [1.29, 1.82) is 0 Å². The van der Waals surface area contributed by atoms with Crippen molar-refractivity contribution in [1.82, 2.24) is 5.32 Å². The third-order valence-corrected chi connectivity index (χ3v) is 4.68. The number of halogens is 2. The van der Waals surface area contributed by atoms with E-state index in [4.69, 9.17) is 11.6 Å². The number of benzene rings is 1. The molecular weight excluding hydrogens is 322 g/mol. The van der Waals surface area contributed by atoms with E-state index < -0.39 is 0 Å². The van der Waals surface area contributed by atoms with Gasteiger partial charge in [-0.25, -0.2) is 0 Å². The Balaban J connectivity index is 2.55. The van der Waals surface area contributed by atoms with Crippen LogP contribution in [0.15, 0.2) is 22.7 Å². The van der Waals surface area contributed by atoms with Gasteiger partial charge in [-0.05, 0) is 30.9 Å². The molecule has 0 fully saturated rings. The van der Waals surface area contributed by atoms with Crippen LogP contribution in [0.4, 0.5) is 0 Å². The van der Waals surface area contributed by atoms with Crippen LogP contribution in [0.2, 0.25) is 5.02 Å². The highest BCUT2D eigenvalue weighted by atomic mass is 79.9. The molecule has 0 aliphatic carbocycles. The van der Waals surface area contributed by atoms with Crippen LogP contribution in [0.1, 0.15) is 12.5 Å². The second kappa shape index (κ2) is 7.64. The van der Waals surface area contributed by atoms with E-state index in [2.05, 4.69) is 28.2 Å². The SMILES string of the molecule is CSC(CO)C(C)NCc1ccc(Br)cc1Cl. The van der Waals surface area contributed by atoms with Crippen LogP contribution < -0.4 is 5.32 Å². The summed E-state index contributed by atoms with van der Waals surface area (Å²) in [6.45, 7) is 2.97. The number of aliphatic hydroxyl groups excluding tert-OH is 1. The van der Waals surface area contributed by atoms with Crippen LogP contribution in [0.5, 0.6) is 0 Å². The third kappa shape index (κ3) is 4.79. The molecule has 2 unspecified atom stereocenters. The van der Waals surface area contributed by atoms with Gasteiger partial charge in [-0.3, -0.25) is 0 Å². The van der Waals surface area contributed by atoms with Gasteiger partial charge < -0.3 is 10.4 Å². The van der Waals surface area contributed by atoms with Crippen LogP contribution in [0, 0.1) is 0 Å². The van der Waals surface area contributed by atoms with Crippen molar-refractivity contribution >= 4 is 39.3 Å². The van der Waals surface area contributed by atoms with Crippen molar-refractivity contribution < 1.29 is 5.11 Å². The Kier molecular flexibility index (Phi) is 6.89. The molecule has 2 nitrogen and oxygen atoms in total. The summed E-state index contributed by atoms with van der Waals surface area (Å²) in [6.07, 6.45) is 2.01. The lowest BCUT2D eigenvalue weighted by molar-refractivity contribution is 0.276. The molecule has 0 saturated carbocycles. The van der Waals surface area contributed by atoms with Crippen LogP contribution in [0.3, 0.4) is 0 Å². The average molecular weight is 339 g/mol. The zero-order valence-corrected chi connectivity index (χ0v) is 13.1. The maximum absolute atomic E-state index is 9.19. The van der Waals surface area contributed by atoms with E-state index >= 15 is 0 Å². The maximum Gasteiger partial charge on any atom is 0.0564 e. The Hall–Kier alpha value is 0.260. The molecule has 1 aromatic rings. The van der Waals surface area contributed by atoms with Gasteiger partial charge in [0, 0.05) is 27.3 Å². The Morgan fingerprint density at radius 3 is 2.76 bits per heavy atom. The summed E-state index contributed by atoms with van der Waals surface area (Å²) < 4.78 is 0.983. The molecular formula is C12H17BrClNOS. The van der Waals surface area contributed by atoms with Crippen molar-refractivity contribution in [2.45, 2.75) is 24.8 Å². The minimum absolute atomic E-state index is 0.184. The van der Waals surface area contributed by atoms with Crippen LogP contribution in [0.25, 0.3) is 0 Å². The highest BCUT2D eigenvalue weighted by Gasteiger charge is 2.14. The van der Waals surface area contributed by atoms with Gasteiger partial charge in [0.2, 0.25) is 0 Å². The predicted octanol–water partition coefficient (Wildman–Crippen LogP) is 3.30. The molecule has 0 amide bonds. The summed E-state index contributed by atoms with van der Waals surface area (Å²) in [5.41, 5.74) is 1.07. The highest BCUT2D eigenvalue weighted by Crippen LogP contribution is 2.21. The van der Waals surface area contributed by atoms with Gasteiger partial charge in [0.05, 0.1) is 6.61 Å². The van der Waals surface area contributed by atoms with Crippen LogP contribution in [-0.4, -0.2) is 29.3 Å². The second-order valence-electron chi connectivity index (χ2n) is 3.86. The van der Waals surface area contributed by atoms with Gasteiger partial charge in [-0.1, -0.05) is 33.6 Å². The molecule has 0 spiro atoms. The standard InChI is InChI=1S/C12H17BrClNOS/c1-8(12(7-16)17-2)15-6-9-3-4-10(13)5-11(9)14/h3-5,8,12,15-16H,6-7H2,1-2H3. The highest BCUT2D eigenvalue weighted by molar-refractivity contribution is 9.10. The van der Waals surface area contributed by atoms with Gasteiger partial charge in [-0.15, -0.1) is 0 Å². The minimum atomic E-state index is 0.184. The quantitative estimate of drug-likeness (QED) is 0.834. The van der Waals surface area contributed by atoms with E-state index in [1.165, 1.54) is 0 Å². The molecule has 2 atom stereocenters. The molecule has 0 heterocycles. The Morgan fingerprint density at radius 1 is 1.53 bits per heavy atom. The van der Waals surface area contributed by atoms with Crippen molar-refractivity contribution in [3.63, 3.8) is 0 Å². The number of rotatable bonds is 6. The smallest absolute Gasteiger partial charge is 0.0564 e. The average Bonchev–Trinajstić information content (AvgIpc) is 2.29. The fourth-order valence-corrected chi connectivity index (χ4v) is 2.90. The first-order valence-electron chi connectivity index (χ1n) is 5.39. The summed E-state index contributed by atoms with van der Waals surface area (Å²) >= 11 is 11.2. The Bertz CT molecular complexity index is 360. The minimum Gasteiger partial charge on any atom is -0.395 e. The van der Waals surface area contributed by atoms with E-state index in [1.807, 2.05) is 24.5 Å². The molecule has 0 radical (unpaired) electrons. The van der Waals surface area contributed by atoms with E-state index in [1.54, 1.807) is 11.8 Å². The summed E-state index contributed by atoms with van der Waals surface area (Å²) in [6, 6.07) is 6.11. The first kappa shape index (κ1) is 15.3. The van der Waals surface area contributed by atoms with Crippen molar-refractivity contribution in [2.24, 2.45) is 0 Å².